The summed E-state index contributed by atoms with van der Waals surface area (Å²) in [5.74, 6) is -0.178. The molecule has 0 saturated carbocycles. The predicted octanol–water partition coefficient (Wildman–Crippen LogP) is 4.17. The molecule has 0 bridgehead atoms. The summed E-state index contributed by atoms with van der Waals surface area (Å²) in [4.78, 5) is 12.4. The molecule has 2 rings (SSSR count). The summed E-state index contributed by atoms with van der Waals surface area (Å²) in [6.45, 7) is 3.87. The van der Waals surface area contributed by atoms with Gasteiger partial charge in [0.1, 0.15) is 11.6 Å². The van der Waals surface area contributed by atoms with E-state index < -0.39 is 5.91 Å². The number of hydrogen-bond donors (Lipinski definition) is 2. The molecule has 2 aromatic carbocycles. The van der Waals surface area contributed by atoms with Gasteiger partial charge < -0.3 is 15.2 Å². The molecule has 0 unspecified atom stereocenters. The number of aryl methyl sites for hydroxylation is 1. The number of carbonyl (C=O) groups excluding carboxylic acids is 1. The molecule has 0 heterocycles. The minimum atomic E-state index is -0.488. The highest BCUT2D eigenvalue weighted by molar-refractivity contribution is 14.1. The van der Waals surface area contributed by atoms with Crippen molar-refractivity contribution in [1.82, 2.24) is 0 Å². The monoisotopic (exact) mass is 448 g/mol. The Hall–Kier alpha value is -2.53. The zero-order valence-corrected chi connectivity index (χ0v) is 16.2. The van der Waals surface area contributed by atoms with E-state index in [0.29, 0.717) is 14.8 Å². The minimum Gasteiger partial charge on any atom is -0.504 e. The third-order valence-electron chi connectivity index (χ3n) is 3.80. The molecule has 6 heteroatoms. The summed E-state index contributed by atoms with van der Waals surface area (Å²) in [7, 11) is 1.44. The van der Waals surface area contributed by atoms with Gasteiger partial charge in [-0.1, -0.05) is 12.1 Å². The number of aromatic hydroxyl groups is 1. The molecule has 0 radical (unpaired) electrons. The van der Waals surface area contributed by atoms with Gasteiger partial charge in [0.25, 0.3) is 5.91 Å². The van der Waals surface area contributed by atoms with Crippen LogP contribution in [-0.2, 0) is 4.79 Å². The van der Waals surface area contributed by atoms with Crippen molar-refractivity contribution in [3.63, 3.8) is 0 Å². The molecule has 0 aliphatic carbocycles. The second kappa shape index (κ2) is 8.03. The Kier molecular flexibility index (Phi) is 6.04. The highest BCUT2D eigenvalue weighted by atomic mass is 127. The Labute approximate surface area is 160 Å². The van der Waals surface area contributed by atoms with Gasteiger partial charge >= 0.3 is 0 Å². The number of nitrogens with zero attached hydrogens (tertiary/aromatic N) is 1. The molecule has 2 N–H and O–H groups in total. The van der Waals surface area contributed by atoms with Gasteiger partial charge in [-0.3, -0.25) is 4.79 Å². The normalized spacial score (nSPS) is 10.9. The van der Waals surface area contributed by atoms with Crippen molar-refractivity contribution in [2.75, 3.05) is 12.4 Å². The third-order valence-corrected chi connectivity index (χ3v) is 4.62. The molecule has 0 fully saturated rings. The average Bonchev–Trinajstić information content (AvgIpc) is 2.59. The van der Waals surface area contributed by atoms with Crippen LogP contribution in [0.25, 0.3) is 6.08 Å². The van der Waals surface area contributed by atoms with Crippen LogP contribution in [0.1, 0.15) is 16.7 Å². The van der Waals surface area contributed by atoms with E-state index in [1.165, 1.54) is 13.2 Å². The molecular weight excluding hydrogens is 431 g/mol. The predicted molar refractivity (Wildman–Crippen MR) is 106 cm³/mol. The lowest BCUT2D eigenvalue weighted by atomic mass is 10.1. The third kappa shape index (κ3) is 4.31. The van der Waals surface area contributed by atoms with Crippen LogP contribution in [0, 0.1) is 28.7 Å². The number of carbonyl (C=O) groups is 1. The van der Waals surface area contributed by atoms with Crippen molar-refractivity contribution < 1.29 is 14.6 Å². The van der Waals surface area contributed by atoms with Gasteiger partial charge in [0.05, 0.1) is 10.7 Å². The SMILES string of the molecule is COc1cc(/C=C(/C#N)C(=O)Nc2cccc(C)c2C)cc(I)c1O. The fourth-order valence-electron chi connectivity index (χ4n) is 2.22. The Bertz CT molecular complexity index is 898. The zero-order valence-electron chi connectivity index (χ0n) is 14.1. The Morgan fingerprint density at radius 3 is 2.72 bits per heavy atom. The number of benzene rings is 2. The number of methoxy groups -OCH3 is 1. The number of nitriles is 1. The topological polar surface area (TPSA) is 82.3 Å². The average molecular weight is 448 g/mol. The summed E-state index contributed by atoms with van der Waals surface area (Å²) in [6, 6.07) is 10.8. The standard InChI is InChI=1S/C19H17IN2O3/c1-11-5-4-6-16(12(11)2)22-19(24)14(10-21)7-13-8-15(20)18(23)17(9-13)25-3/h4-9,23H,1-3H3,(H,22,24)/b14-7-. The summed E-state index contributed by atoms with van der Waals surface area (Å²) < 4.78 is 5.66. The zero-order chi connectivity index (χ0) is 18.6. The van der Waals surface area contributed by atoms with E-state index in [2.05, 4.69) is 5.32 Å². The number of nitrogens with one attached hydrogen (secondary N) is 1. The van der Waals surface area contributed by atoms with Crippen LogP contribution in [-0.4, -0.2) is 18.1 Å². The van der Waals surface area contributed by atoms with Crippen molar-refractivity contribution in [1.29, 1.82) is 5.26 Å². The van der Waals surface area contributed by atoms with Crippen LogP contribution >= 0.6 is 22.6 Å². The second-order valence-electron chi connectivity index (χ2n) is 5.43. The maximum atomic E-state index is 12.4. The lowest BCUT2D eigenvalue weighted by molar-refractivity contribution is -0.112. The van der Waals surface area contributed by atoms with Crippen LogP contribution in [0.15, 0.2) is 35.9 Å². The summed E-state index contributed by atoms with van der Waals surface area (Å²) in [5, 5.41) is 22.0. The molecule has 0 spiro atoms. The second-order valence-corrected chi connectivity index (χ2v) is 6.59. The van der Waals surface area contributed by atoms with Gasteiger partial charge in [0, 0.05) is 5.69 Å². The first-order valence-electron chi connectivity index (χ1n) is 7.43. The maximum Gasteiger partial charge on any atom is 0.266 e. The first kappa shape index (κ1) is 18.8. The van der Waals surface area contributed by atoms with E-state index in [9.17, 15) is 15.2 Å². The molecule has 5 nitrogen and oxygen atoms in total. The van der Waals surface area contributed by atoms with Crippen LogP contribution in [0.5, 0.6) is 11.5 Å². The molecule has 0 aromatic heterocycles. The van der Waals surface area contributed by atoms with Crippen molar-refractivity contribution in [2.45, 2.75) is 13.8 Å². The number of ether oxygens (including phenoxy) is 1. The summed E-state index contributed by atoms with van der Waals surface area (Å²) in [5.41, 5.74) is 3.23. The number of amides is 1. The lowest BCUT2D eigenvalue weighted by Gasteiger charge is -2.10. The Morgan fingerprint density at radius 1 is 1.36 bits per heavy atom. The first-order valence-corrected chi connectivity index (χ1v) is 8.51. The van der Waals surface area contributed by atoms with Crippen molar-refractivity contribution >= 4 is 40.3 Å². The molecule has 0 atom stereocenters. The molecule has 128 valence electrons. The molecule has 0 aliphatic heterocycles. The van der Waals surface area contributed by atoms with Crippen molar-refractivity contribution in [3.8, 4) is 17.6 Å². The molecule has 25 heavy (non-hydrogen) atoms. The van der Waals surface area contributed by atoms with E-state index in [-0.39, 0.29) is 17.1 Å². The summed E-state index contributed by atoms with van der Waals surface area (Å²) in [6.07, 6.45) is 1.46. The van der Waals surface area contributed by atoms with E-state index in [0.717, 1.165) is 11.1 Å². The molecule has 0 saturated heterocycles. The number of phenolic OH excluding ortho intramolecular Hbond substituents is 1. The van der Waals surface area contributed by atoms with Crippen LogP contribution < -0.4 is 10.1 Å². The van der Waals surface area contributed by atoms with E-state index in [1.807, 2.05) is 54.6 Å². The summed E-state index contributed by atoms with van der Waals surface area (Å²) >= 11 is 1.96. The fraction of sp³-hybridized carbons (Fsp3) is 0.158. The van der Waals surface area contributed by atoms with Gasteiger partial charge in [-0.2, -0.15) is 5.26 Å². The quantitative estimate of drug-likeness (QED) is 0.418. The molecule has 2 aromatic rings. The van der Waals surface area contributed by atoms with Gasteiger partial charge in [0.15, 0.2) is 11.5 Å². The van der Waals surface area contributed by atoms with Crippen LogP contribution in [0.3, 0.4) is 0 Å². The van der Waals surface area contributed by atoms with Crippen LogP contribution in [0.4, 0.5) is 5.69 Å². The molecule has 0 aliphatic rings. The number of hydrogen-bond acceptors (Lipinski definition) is 4. The van der Waals surface area contributed by atoms with Crippen molar-refractivity contribution in [2.24, 2.45) is 0 Å². The van der Waals surface area contributed by atoms with E-state index >= 15 is 0 Å². The van der Waals surface area contributed by atoms with E-state index in [1.54, 1.807) is 18.2 Å². The molecule has 1 amide bonds. The first-order chi connectivity index (χ1) is 11.9. The van der Waals surface area contributed by atoms with E-state index in [4.69, 9.17) is 4.74 Å². The van der Waals surface area contributed by atoms with Crippen LogP contribution in [0.2, 0.25) is 0 Å². The smallest absolute Gasteiger partial charge is 0.266 e. The number of rotatable bonds is 4. The van der Waals surface area contributed by atoms with Gasteiger partial charge in [0.2, 0.25) is 0 Å². The Balaban J connectivity index is 2.34. The van der Waals surface area contributed by atoms with Gasteiger partial charge in [-0.15, -0.1) is 0 Å². The van der Waals surface area contributed by atoms with Gasteiger partial charge in [-0.25, -0.2) is 0 Å². The highest BCUT2D eigenvalue weighted by Crippen LogP contribution is 2.33. The van der Waals surface area contributed by atoms with Gasteiger partial charge in [-0.05, 0) is 77.4 Å². The van der Waals surface area contributed by atoms with Crippen molar-refractivity contribution in [3.05, 3.63) is 56.2 Å². The number of phenols is 1. The fourth-order valence-corrected chi connectivity index (χ4v) is 2.85. The molecular formula is C19H17IN2O3. The highest BCUT2D eigenvalue weighted by Gasteiger charge is 2.13. The lowest BCUT2D eigenvalue weighted by Crippen LogP contribution is -2.14. The largest absolute Gasteiger partial charge is 0.504 e. The minimum absolute atomic E-state index is 0.0265. The maximum absolute atomic E-state index is 12.4. The Morgan fingerprint density at radius 2 is 2.08 bits per heavy atom. The number of anilines is 1. The number of halogens is 1.